The van der Waals surface area contributed by atoms with E-state index in [0.29, 0.717) is 13.0 Å². The van der Waals surface area contributed by atoms with E-state index in [1.54, 1.807) is 39.0 Å². The van der Waals surface area contributed by atoms with Gasteiger partial charge in [0.15, 0.2) is 0 Å². The topological polar surface area (TPSA) is 75.6 Å². The van der Waals surface area contributed by atoms with Gasteiger partial charge in [0.05, 0.1) is 5.56 Å². The van der Waals surface area contributed by atoms with Crippen molar-refractivity contribution in [1.29, 1.82) is 0 Å². The van der Waals surface area contributed by atoms with Gasteiger partial charge in [-0.1, -0.05) is 6.07 Å². The Morgan fingerprint density at radius 1 is 1.30 bits per heavy atom. The Hall–Kier alpha value is -2.04. The average Bonchev–Trinajstić information content (AvgIpc) is 2.28. The van der Waals surface area contributed by atoms with Gasteiger partial charge < -0.3 is 15.2 Å². The standard InChI is InChI=1S/C15H21NO4/c1-10-9-12(13(17)18)6-5-11(10)7-8-16-14(19)20-15(2,3)4/h5-6,9H,7-8H2,1-4H3,(H,16,19)(H,17,18). The number of carbonyl (C=O) groups excluding carboxylic acids is 1. The molecule has 0 fully saturated rings. The summed E-state index contributed by atoms with van der Waals surface area (Å²) in [6.07, 6.45) is 0.183. The lowest BCUT2D eigenvalue weighted by Crippen LogP contribution is -2.33. The Balaban J connectivity index is 2.51. The lowest BCUT2D eigenvalue weighted by molar-refractivity contribution is 0.0528. The minimum absolute atomic E-state index is 0.270. The first-order valence-corrected chi connectivity index (χ1v) is 6.49. The summed E-state index contributed by atoms with van der Waals surface area (Å²) in [7, 11) is 0. The van der Waals surface area contributed by atoms with E-state index in [4.69, 9.17) is 9.84 Å². The van der Waals surface area contributed by atoms with E-state index in [1.807, 2.05) is 6.92 Å². The van der Waals surface area contributed by atoms with E-state index in [2.05, 4.69) is 5.32 Å². The molecule has 0 aromatic heterocycles. The summed E-state index contributed by atoms with van der Waals surface area (Å²) >= 11 is 0. The number of alkyl carbamates (subject to hydrolysis) is 1. The SMILES string of the molecule is Cc1cc(C(=O)O)ccc1CCNC(=O)OC(C)(C)C. The van der Waals surface area contributed by atoms with Crippen molar-refractivity contribution in [3.8, 4) is 0 Å². The van der Waals surface area contributed by atoms with Crippen molar-refractivity contribution in [2.24, 2.45) is 0 Å². The molecule has 1 aromatic carbocycles. The molecule has 0 atom stereocenters. The van der Waals surface area contributed by atoms with Crippen molar-refractivity contribution in [2.45, 2.75) is 39.7 Å². The van der Waals surface area contributed by atoms with E-state index in [0.717, 1.165) is 11.1 Å². The van der Waals surface area contributed by atoms with Gasteiger partial charge in [-0.25, -0.2) is 9.59 Å². The highest BCUT2D eigenvalue weighted by atomic mass is 16.6. The maximum Gasteiger partial charge on any atom is 0.407 e. The van der Waals surface area contributed by atoms with E-state index < -0.39 is 17.7 Å². The van der Waals surface area contributed by atoms with E-state index in [1.165, 1.54) is 0 Å². The van der Waals surface area contributed by atoms with Gasteiger partial charge in [-0.3, -0.25) is 0 Å². The third-order valence-electron chi connectivity index (χ3n) is 2.65. The van der Waals surface area contributed by atoms with Gasteiger partial charge in [-0.15, -0.1) is 0 Å². The van der Waals surface area contributed by atoms with Crippen molar-refractivity contribution in [3.05, 3.63) is 34.9 Å². The number of aryl methyl sites for hydroxylation is 1. The minimum atomic E-state index is -0.938. The first-order valence-electron chi connectivity index (χ1n) is 6.49. The van der Waals surface area contributed by atoms with Crippen LogP contribution in [0.15, 0.2) is 18.2 Å². The van der Waals surface area contributed by atoms with Crippen LogP contribution in [0.3, 0.4) is 0 Å². The molecule has 0 aliphatic heterocycles. The second-order valence-electron chi connectivity index (χ2n) is 5.63. The van der Waals surface area contributed by atoms with Crippen molar-refractivity contribution < 1.29 is 19.4 Å². The molecule has 2 N–H and O–H groups in total. The van der Waals surface area contributed by atoms with Gasteiger partial charge in [0.1, 0.15) is 5.60 Å². The molecule has 5 nitrogen and oxygen atoms in total. The van der Waals surface area contributed by atoms with Crippen LogP contribution in [0.4, 0.5) is 4.79 Å². The highest BCUT2D eigenvalue weighted by Gasteiger charge is 2.15. The fourth-order valence-electron chi connectivity index (χ4n) is 1.72. The molecule has 110 valence electrons. The Morgan fingerprint density at radius 2 is 1.95 bits per heavy atom. The van der Waals surface area contributed by atoms with Gasteiger partial charge >= 0.3 is 12.1 Å². The second kappa shape index (κ2) is 6.41. The lowest BCUT2D eigenvalue weighted by atomic mass is 10.0. The number of hydrogen-bond donors (Lipinski definition) is 2. The van der Waals surface area contributed by atoms with Crippen LogP contribution in [0.1, 0.15) is 42.3 Å². The first kappa shape index (κ1) is 16.0. The van der Waals surface area contributed by atoms with Gasteiger partial charge in [-0.05, 0) is 57.4 Å². The Kier molecular flexibility index (Phi) is 5.13. The normalized spacial score (nSPS) is 11.0. The van der Waals surface area contributed by atoms with Crippen LogP contribution in [0.5, 0.6) is 0 Å². The molecule has 0 aliphatic rings. The summed E-state index contributed by atoms with van der Waals surface area (Å²) in [6.45, 7) is 7.72. The fourth-order valence-corrected chi connectivity index (χ4v) is 1.72. The van der Waals surface area contributed by atoms with E-state index in [-0.39, 0.29) is 5.56 Å². The van der Waals surface area contributed by atoms with Crippen LogP contribution in [0.25, 0.3) is 0 Å². The number of carboxylic acid groups (broad SMARTS) is 1. The molecular weight excluding hydrogens is 258 g/mol. The molecular formula is C15H21NO4. The quantitative estimate of drug-likeness (QED) is 0.888. The summed E-state index contributed by atoms with van der Waals surface area (Å²) in [5, 5.41) is 11.6. The molecule has 0 radical (unpaired) electrons. The molecule has 1 amide bonds. The van der Waals surface area contributed by atoms with Gasteiger partial charge in [-0.2, -0.15) is 0 Å². The molecule has 0 spiro atoms. The number of nitrogens with one attached hydrogen (secondary N) is 1. The van der Waals surface area contributed by atoms with Crippen LogP contribution < -0.4 is 5.32 Å². The van der Waals surface area contributed by atoms with Crippen molar-refractivity contribution >= 4 is 12.1 Å². The number of hydrogen-bond acceptors (Lipinski definition) is 3. The molecule has 1 rings (SSSR count). The second-order valence-corrected chi connectivity index (χ2v) is 5.63. The Morgan fingerprint density at radius 3 is 2.45 bits per heavy atom. The summed E-state index contributed by atoms with van der Waals surface area (Å²) in [5.41, 5.74) is 1.66. The molecule has 20 heavy (non-hydrogen) atoms. The number of carbonyl (C=O) groups is 2. The van der Waals surface area contributed by atoms with E-state index in [9.17, 15) is 9.59 Å². The smallest absolute Gasteiger partial charge is 0.407 e. The first-order chi connectivity index (χ1) is 9.19. The highest BCUT2D eigenvalue weighted by Crippen LogP contribution is 2.12. The van der Waals surface area contributed by atoms with Gasteiger partial charge in [0.2, 0.25) is 0 Å². The molecule has 0 aliphatic carbocycles. The number of carboxylic acids is 1. The average molecular weight is 279 g/mol. The fraction of sp³-hybridized carbons (Fsp3) is 0.467. The third-order valence-corrected chi connectivity index (χ3v) is 2.65. The lowest BCUT2D eigenvalue weighted by Gasteiger charge is -2.19. The zero-order valence-electron chi connectivity index (χ0n) is 12.3. The zero-order valence-corrected chi connectivity index (χ0v) is 12.3. The number of rotatable bonds is 4. The van der Waals surface area contributed by atoms with Gasteiger partial charge in [0.25, 0.3) is 0 Å². The van der Waals surface area contributed by atoms with E-state index >= 15 is 0 Å². The van der Waals surface area contributed by atoms with Crippen molar-refractivity contribution in [1.82, 2.24) is 5.32 Å². The minimum Gasteiger partial charge on any atom is -0.478 e. The van der Waals surface area contributed by atoms with Gasteiger partial charge in [0, 0.05) is 6.54 Å². The van der Waals surface area contributed by atoms with Crippen molar-refractivity contribution in [2.75, 3.05) is 6.54 Å². The number of benzene rings is 1. The largest absolute Gasteiger partial charge is 0.478 e. The van der Waals surface area contributed by atoms with Crippen LogP contribution in [-0.2, 0) is 11.2 Å². The molecule has 5 heteroatoms. The Bertz CT molecular complexity index is 503. The summed E-state index contributed by atoms with van der Waals surface area (Å²) in [4.78, 5) is 22.3. The monoisotopic (exact) mass is 279 g/mol. The highest BCUT2D eigenvalue weighted by molar-refractivity contribution is 5.87. The van der Waals surface area contributed by atoms with Crippen LogP contribution >= 0.6 is 0 Å². The molecule has 1 aromatic rings. The summed E-state index contributed by atoms with van der Waals surface area (Å²) in [5.74, 6) is -0.938. The predicted molar refractivity (Wildman–Crippen MR) is 76.1 cm³/mol. The molecule has 0 bridgehead atoms. The summed E-state index contributed by atoms with van der Waals surface area (Å²) in [6, 6.07) is 4.97. The third kappa shape index (κ3) is 5.30. The zero-order chi connectivity index (χ0) is 15.3. The van der Waals surface area contributed by atoms with Crippen molar-refractivity contribution in [3.63, 3.8) is 0 Å². The van der Waals surface area contributed by atoms with Crippen LogP contribution in [0, 0.1) is 6.92 Å². The Labute approximate surface area is 118 Å². The molecule has 0 unspecified atom stereocenters. The number of aromatic carboxylic acids is 1. The molecule has 0 saturated heterocycles. The maximum absolute atomic E-state index is 11.5. The number of amides is 1. The van der Waals surface area contributed by atoms with Crippen LogP contribution in [-0.4, -0.2) is 29.3 Å². The molecule has 0 saturated carbocycles. The molecule has 0 heterocycles. The van der Waals surface area contributed by atoms with Crippen LogP contribution in [0.2, 0.25) is 0 Å². The maximum atomic E-state index is 11.5. The number of ether oxygens (including phenoxy) is 1. The summed E-state index contributed by atoms with van der Waals surface area (Å²) < 4.78 is 5.13. The predicted octanol–water partition coefficient (Wildman–Crippen LogP) is 2.76.